The molecular formula is C20H28N6O. The molecule has 3 unspecified atom stereocenters. The number of hydrogen-bond donors (Lipinski definition) is 2. The zero-order valence-electron chi connectivity index (χ0n) is 16.3. The Balaban J connectivity index is 1.41. The van der Waals surface area contributed by atoms with Gasteiger partial charge in [0.15, 0.2) is 0 Å². The lowest BCUT2D eigenvalue weighted by molar-refractivity contribution is 0.248. The summed E-state index contributed by atoms with van der Waals surface area (Å²) in [7, 11) is 0. The van der Waals surface area contributed by atoms with Crippen LogP contribution in [0.15, 0.2) is 24.7 Å². The van der Waals surface area contributed by atoms with Crippen molar-refractivity contribution in [1.29, 1.82) is 0 Å². The highest BCUT2D eigenvalue weighted by atomic mass is 16.2. The van der Waals surface area contributed by atoms with Gasteiger partial charge in [0.05, 0.1) is 17.9 Å². The van der Waals surface area contributed by atoms with Crippen molar-refractivity contribution in [2.45, 2.75) is 64.6 Å². The standard InChI is InChI=1S/C20H28N6O/c1-13-10-16(12-22-18(13)25-8-5-4-6-14(25)2)23-20(27)24-17-11-15(3)26-9-7-21-19(17)26/h7,9-10,12,14-15,17H,4-6,8,11H2,1-3H3,(H2,23,24,27). The lowest BCUT2D eigenvalue weighted by Crippen LogP contribution is -2.38. The molecule has 2 aliphatic heterocycles. The summed E-state index contributed by atoms with van der Waals surface area (Å²) in [5.41, 5.74) is 1.80. The topological polar surface area (TPSA) is 75.1 Å². The van der Waals surface area contributed by atoms with E-state index in [1.807, 2.05) is 12.3 Å². The van der Waals surface area contributed by atoms with E-state index in [1.165, 1.54) is 19.3 Å². The van der Waals surface area contributed by atoms with Gasteiger partial charge in [0.1, 0.15) is 11.6 Å². The van der Waals surface area contributed by atoms with E-state index < -0.39 is 0 Å². The van der Waals surface area contributed by atoms with Crippen molar-refractivity contribution in [3.63, 3.8) is 0 Å². The van der Waals surface area contributed by atoms with E-state index in [9.17, 15) is 4.79 Å². The number of piperidine rings is 1. The van der Waals surface area contributed by atoms with Gasteiger partial charge in [0.25, 0.3) is 0 Å². The van der Waals surface area contributed by atoms with Gasteiger partial charge in [-0.15, -0.1) is 0 Å². The summed E-state index contributed by atoms with van der Waals surface area (Å²) in [6.07, 6.45) is 10.1. The fourth-order valence-corrected chi connectivity index (χ4v) is 4.33. The number of nitrogens with zero attached hydrogens (tertiary/aromatic N) is 4. The van der Waals surface area contributed by atoms with E-state index in [1.54, 1.807) is 12.4 Å². The average molecular weight is 368 g/mol. The molecule has 0 saturated carbocycles. The number of carbonyl (C=O) groups is 1. The minimum Gasteiger partial charge on any atom is -0.354 e. The van der Waals surface area contributed by atoms with Crippen LogP contribution in [0, 0.1) is 6.92 Å². The predicted molar refractivity (Wildman–Crippen MR) is 106 cm³/mol. The molecule has 27 heavy (non-hydrogen) atoms. The Hall–Kier alpha value is -2.57. The average Bonchev–Trinajstić information content (AvgIpc) is 3.21. The summed E-state index contributed by atoms with van der Waals surface area (Å²) in [5.74, 6) is 1.95. The quantitative estimate of drug-likeness (QED) is 0.864. The number of imidazole rings is 1. The van der Waals surface area contributed by atoms with E-state index in [0.29, 0.717) is 17.8 Å². The Kier molecular flexibility index (Phi) is 4.76. The van der Waals surface area contributed by atoms with Crippen LogP contribution in [0.4, 0.5) is 16.3 Å². The van der Waals surface area contributed by atoms with Crippen molar-refractivity contribution >= 4 is 17.5 Å². The number of nitrogens with one attached hydrogen (secondary N) is 2. The number of urea groups is 1. The molecule has 7 heteroatoms. The van der Waals surface area contributed by atoms with Gasteiger partial charge in [-0.2, -0.15) is 0 Å². The zero-order valence-corrected chi connectivity index (χ0v) is 16.3. The van der Waals surface area contributed by atoms with Crippen LogP contribution in [0.3, 0.4) is 0 Å². The highest BCUT2D eigenvalue weighted by Gasteiger charge is 2.30. The summed E-state index contributed by atoms with van der Waals surface area (Å²) in [6, 6.07) is 2.59. The molecular weight excluding hydrogens is 340 g/mol. The first-order valence-electron chi connectivity index (χ1n) is 9.86. The predicted octanol–water partition coefficient (Wildman–Crippen LogP) is 3.79. The molecule has 0 spiro atoms. The number of rotatable bonds is 3. The van der Waals surface area contributed by atoms with Gasteiger partial charge in [-0.25, -0.2) is 14.8 Å². The summed E-state index contributed by atoms with van der Waals surface area (Å²) >= 11 is 0. The third-order valence-corrected chi connectivity index (χ3v) is 5.75. The Bertz CT molecular complexity index is 832. The Morgan fingerprint density at radius 1 is 1.22 bits per heavy atom. The Morgan fingerprint density at radius 3 is 2.85 bits per heavy atom. The van der Waals surface area contributed by atoms with Crippen molar-refractivity contribution < 1.29 is 4.79 Å². The molecule has 0 radical (unpaired) electrons. The highest BCUT2D eigenvalue weighted by molar-refractivity contribution is 5.89. The maximum absolute atomic E-state index is 12.5. The number of fused-ring (bicyclic) bond motifs is 1. The highest BCUT2D eigenvalue weighted by Crippen LogP contribution is 2.32. The summed E-state index contributed by atoms with van der Waals surface area (Å²) in [5, 5.41) is 5.95. The molecule has 144 valence electrons. The fourth-order valence-electron chi connectivity index (χ4n) is 4.33. The molecule has 2 N–H and O–H groups in total. The smallest absolute Gasteiger partial charge is 0.319 e. The molecule has 3 atom stereocenters. The lowest BCUT2D eigenvalue weighted by atomic mass is 10.0. The molecule has 0 aliphatic carbocycles. The van der Waals surface area contributed by atoms with Crippen LogP contribution in [-0.2, 0) is 0 Å². The monoisotopic (exact) mass is 368 g/mol. The summed E-state index contributed by atoms with van der Waals surface area (Å²) in [4.78, 5) is 23.9. The molecule has 2 aromatic heterocycles. The van der Waals surface area contributed by atoms with Crippen LogP contribution in [0.1, 0.15) is 63.0 Å². The molecule has 0 bridgehead atoms. The molecule has 4 rings (SSSR count). The van der Waals surface area contributed by atoms with Crippen molar-refractivity contribution in [1.82, 2.24) is 19.9 Å². The lowest BCUT2D eigenvalue weighted by Gasteiger charge is -2.35. The van der Waals surface area contributed by atoms with Gasteiger partial charge in [-0.05, 0) is 58.1 Å². The van der Waals surface area contributed by atoms with Crippen molar-refractivity contribution in [2.24, 2.45) is 0 Å². The first-order chi connectivity index (χ1) is 13.0. The normalized spacial score (nSPS) is 24.6. The minimum atomic E-state index is -0.219. The van der Waals surface area contributed by atoms with E-state index in [4.69, 9.17) is 0 Å². The van der Waals surface area contributed by atoms with E-state index in [0.717, 1.165) is 30.2 Å². The number of aryl methyl sites for hydroxylation is 1. The van der Waals surface area contributed by atoms with Crippen LogP contribution in [-0.4, -0.2) is 33.2 Å². The van der Waals surface area contributed by atoms with Crippen LogP contribution in [0.5, 0.6) is 0 Å². The molecule has 0 aromatic carbocycles. The maximum Gasteiger partial charge on any atom is 0.319 e. The first-order valence-corrected chi connectivity index (χ1v) is 9.86. The maximum atomic E-state index is 12.5. The number of carbonyl (C=O) groups excluding carboxylic acids is 1. The third-order valence-electron chi connectivity index (χ3n) is 5.75. The van der Waals surface area contributed by atoms with Crippen molar-refractivity contribution in [2.75, 3.05) is 16.8 Å². The molecule has 4 heterocycles. The van der Waals surface area contributed by atoms with Gasteiger partial charge in [-0.1, -0.05) is 0 Å². The molecule has 1 saturated heterocycles. The number of hydrogen-bond acceptors (Lipinski definition) is 4. The molecule has 2 aliphatic rings. The summed E-state index contributed by atoms with van der Waals surface area (Å²) < 4.78 is 2.12. The first kappa shape index (κ1) is 17.8. The van der Waals surface area contributed by atoms with Gasteiger partial charge < -0.3 is 20.1 Å². The summed E-state index contributed by atoms with van der Waals surface area (Å²) in [6.45, 7) is 7.50. The second kappa shape index (κ2) is 7.21. The van der Waals surface area contributed by atoms with Crippen LogP contribution >= 0.6 is 0 Å². The van der Waals surface area contributed by atoms with Gasteiger partial charge in [0, 0.05) is 31.0 Å². The number of amides is 2. The second-order valence-electron chi connectivity index (χ2n) is 7.83. The SMILES string of the molecule is Cc1cc(NC(=O)NC2CC(C)n3ccnc32)cnc1N1CCCCC1C. The zero-order chi connectivity index (χ0) is 19.0. The van der Waals surface area contributed by atoms with Gasteiger partial charge >= 0.3 is 6.03 Å². The largest absolute Gasteiger partial charge is 0.354 e. The molecule has 2 aromatic rings. The van der Waals surface area contributed by atoms with Crippen molar-refractivity contribution in [3.05, 3.63) is 36.0 Å². The van der Waals surface area contributed by atoms with Crippen LogP contribution in [0.25, 0.3) is 0 Å². The van der Waals surface area contributed by atoms with E-state index in [2.05, 4.69) is 50.8 Å². The van der Waals surface area contributed by atoms with Crippen molar-refractivity contribution in [3.8, 4) is 0 Å². The number of aromatic nitrogens is 3. The third kappa shape index (κ3) is 3.50. The minimum absolute atomic E-state index is 0.0578. The Labute approximate surface area is 160 Å². The Morgan fingerprint density at radius 2 is 2.07 bits per heavy atom. The fraction of sp³-hybridized carbons (Fsp3) is 0.550. The van der Waals surface area contributed by atoms with Gasteiger partial charge in [0.2, 0.25) is 0 Å². The van der Waals surface area contributed by atoms with Crippen LogP contribution < -0.4 is 15.5 Å². The van der Waals surface area contributed by atoms with Gasteiger partial charge in [-0.3, -0.25) is 0 Å². The van der Waals surface area contributed by atoms with E-state index in [-0.39, 0.29) is 12.1 Å². The number of pyridine rings is 1. The molecule has 7 nitrogen and oxygen atoms in total. The molecule has 2 amide bonds. The number of anilines is 2. The molecule has 1 fully saturated rings. The van der Waals surface area contributed by atoms with E-state index >= 15 is 0 Å². The van der Waals surface area contributed by atoms with Crippen LogP contribution in [0.2, 0.25) is 0 Å². The second-order valence-corrected chi connectivity index (χ2v) is 7.83.